The lowest BCUT2D eigenvalue weighted by Crippen LogP contribution is -2.49. The van der Waals surface area contributed by atoms with Crippen LogP contribution in [-0.4, -0.2) is 67.1 Å². The Morgan fingerprint density at radius 2 is 2.00 bits per heavy atom. The number of piperidine rings is 1. The summed E-state index contributed by atoms with van der Waals surface area (Å²) in [7, 11) is 3.89. The van der Waals surface area contributed by atoms with Gasteiger partial charge in [0.1, 0.15) is 11.5 Å². The summed E-state index contributed by atoms with van der Waals surface area (Å²) in [5, 5.41) is 0. The number of amides is 1. The van der Waals surface area contributed by atoms with Gasteiger partial charge in [-0.05, 0) is 43.3 Å². The van der Waals surface area contributed by atoms with Gasteiger partial charge in [0.2, 0.25) is 0 Å². The third-order valence-corrected chi connectivity index (χ3v) is 6.08. The van der Waals surface area contributed by atoms with E-state index < -0.39 is 0 Å². The number of ether oxygens (including phenoxy) is 2. The van der Waals surface area contributed by atoms with Crippen molar-refractivity contribution in [3.63, 3.8) is 0 Å². The number of methoxy groups -OCH3 is 1. The predicted molar refractivity (Wildman–Crippen MR) is 107 cm³/mol. The van der Waals surface area contributed by atoms with Crippen LogP contribution in [0.4, 0.5) is 0 Å². The van der Waals surface area contributed by atoms with E-state index in [1.807, 2.05) is 23.1 Å². The lowest BCUT2D eigenvalue weighted by Gasteiger charge is -2.38. The molecule has 28 heavy (non-hydrogen) atoms. The number of benzene rings is 1. The molecule has 1 aromatic heterocycles. The van der Waals surface area contributed by atoms with E-state index in [9.17, 15) is 4.79 Å². The summed E-state index contributed by atoms with van der Waals surface area (Å²) < 4.78 is 10.9. The highest BCUT2D eigenvalue weighted by Gasteiger charge is 2.44. The van der Waals surface area contributed by atoms with Crippen molar-refractivity contribution >= 4 is 5.91 Å². The van der Waals surface area contributed by atoms with Gasteiger partial charge in [0.15, 0.2) is 6.61 Å². The number of pyridine rings is 1. The molecule has 2 aliphatic rings. The fourth-order valence-electron chi connectivity index (χ4n) is 4.59. The topological polar surface area (TPSA) is 54.9 Å². The lowest BCUT2D eigenvalue weighted by molar-refractivity contribution is -0.135. The van der Waals surface area contributed by atoms with Crippen LogP contribution in [0.1, 0.15) is 17.9 Å². The second kappa shape index (κ2) is 8.19. The molecule has 6 nitrogen and oxygen atoms in total. The summed E-state index contributed by atoms with van der Waals surface area (Å²) in [6.07, 6.45) is 4.33. The normalized spacial score (nSPS) is 24.6. The van der Waals surface area contributed by atoms with Crippen LogP contribution in [0.25, 0.3) is 0 Å². The van der Waals surface area contributed by atoms with Crippen molar-refractivity contribution in [1.82, 2.24) is 14.8 Å². The summed E-state index contributed by atoms with van der Waals surface area (Å²) in [5.74, 6) is 2.41. The summed E-state index contributed by atoms with van der Waals surface area (Å²) in [6.45, 7) is 2.65. The number of carbonyl (C=O) groups excluding carboxylic acids is 1. The molecule has 3 atom stereocenters. The van der Waals surface area contributed by atoms with Gasteiger partial charge in [-0.1, -0.05) is 12.1 Å². The van der Waals surface area contributed by atoms with Gasteiger partial charge < -0.3 is 19.3 Å². The third-order valence-electron chi connectivity index (χ3n) is 6.08. The van der Waals surface area contributed by atoms with Crippen LogP contribution in [0.3, 0.4) is 0 Å². The summed E-state index contributed by atoms with van der Waals surface area (Å²) in [4.78, 5) is 21.2. The van der Waals surface area contributed by atoms with Gasteiger partial charge in [-0.25, -0.2) is 0 Å². The molecule has 0 bridgehead atoms. The number of fused-ring (bicyclic) bond motifs is 1. The van der Waals surface area contributed by atoms with Gasteiger partial charge >= 0.3 is 0 Å². The first kappa shape index (κ1) is 18.7. The van der Waals surface area contributed by atoms with Gasteiger partial charge in [-0.15, -0.1) is 0 Å². The molecule has 1 amide bonds. The first-order valence-electron chi connectivity index (χ1n) is 9.80. The Hall–Kier alpha value is -2.60. The molecule has 2 aromatic rings. The minimum absolute atomic E-state index is 0.0466. The summed E-state index contributed by atoms with van der Waals surface area (Å²) >= 11 is 0. The van der Waals surface area contributed by atoms with E-state index in [1.54, 1.807) is 25.6 Å². The van der Waals surface area contributed by atoms with Gasteiger partial charge in [0, 0.05) is 43.7 Å². The molecule has 0 aliphatic carbocycles. The van der Waals surface area contributed by atoms with Crippen molar-refractivity contribution < 1.29 is 14.3 Å². The largest absolute Gasteiger partial charge is 0.497 e. The van der Waals surface area contributed by atoms with Crippen molar-refractivity contribution in [2.45, 2.75) is 18.4 Å². The first-order valence-corrected chi connectivity index (χ1v) is 9.80. The number of hydrogen-bond donors (Lipinski definition) is 0. The molecular weight excluding hydrogens is 354 g/mol. The Kier molecular flexibility index (Phi) is 5.48. The van der Waals surface area contributed by atoms with E-state index in [-0.39, 0.29) is 12.5 Å². The van der Waals surface area contributed by atoms with Gasteiger partial charge in [-0.2, -0.15) is 0 Å². The molecule has 0 N–H and O–H groups in total. The van der Waals surface area contributed by atoms with Crippen molar-refractivity contribution in [2.75, 3.05) is 40.4 Å². The number of likely N-dealkylation sites (N-methyl/N-ethyl adjacent to an activating group) is 1. The highest BCUT2D eigenvalue weighted by molar-refractivity contribution is 5.78. The quantitative estimate of drug-likeness (QED) is 0.796. The van der Waals surface area contributed by atoms with Crippen LogP contribution in [0.2, 0.25) is 0 Å². The van der Waals surface area contributed by atoms with Crippen LogP contribution >= 0.6 is 0 Å². The maximum Gasteiger partial charge on any atom is 0.260 e. The zero-order valence-corrected chi connectivity index (χ0v) is 16.5. The fraction of sp³-hybridized carbons (Fsp3) is 0.455. The minimum atomic E-state index is 0.0466. The van der Waals surface area contributed by atoms with Crippen molar-refractivity contribution in [1.29, 1.82) is 0 Å². The second-order valence-electron chi connectivity index (χ2n) is 7.66. The van der Waals surface area contributed by atoms with Crippen LogP contribution < -0.4 is 9.47 Å². The Balaban J connectivity index is 1.42. The fourth-order valence-corrected chi connectivity index (χ4v) is 4.59. The minimum Gasteiger partial charge on any atom is -0.497 e. The zero-order chi connectivity index (χ0) is 19.5. The number of nitrogens with zero attached hydrogens (tertiary/aromatic N) is 3. The van der Waals surface area contributed by atoms with Gasteiger partial charge in [-0.3, -0.25) is 9.78 Å². The molecule has 4 rings (SSSR count). The summed E-state index contributed by atoms with van der Waals surface area (Å²) in [6, 6.07) is 12.5. The molecule has 2 aliphatic heterocycles. The Bertz CT molecular complexity index is 796. The Morgan fingerprint density at radius 1 is 1.18 bits per heavy atom. The van der Waals surface area contributed by atoms with E-state index in [2.05, 4.69) is 29.1 Å². The molecule has 1 aromatic carbocycles. The van der Waals surface area contributed by atoms with Crippen LogP contribution in [0, 0.1) is 5.92 Å². The SMILES string of the molecule is COc1ccc([C@H]2CN(C)[C@@H]3CCN(C(=O)COc4cccnc4)C[C@H]23)cc1. The van der Waals surface area contributed by atoms with Gasteiger partial charge in [0.05, 0.1) is 13.3 Å². The maximum atomic E-state index is 12.7. The van der Waals surface area contributed by atoms with E-state index in [0.29, 0.717) is 23.6 Å². The van der Waals surface area contributed by atoms with E-state index in [4.69, 9.17) is 9.47 Å². The molecule has 3 heterocycles. The van der Waals surface area contributed by atoms with Crippen molar-refractivity contribution in [3.8, 4) is 11.5 Å². The highest BCUT2D eigenvalue weighted by atomic mass is 16.5. The van der Waals surface area contributed by atoms with Crippen LogP contribution in [0.15, 0.2) is 48.8 Å². The number of likely N-dealkylation sites (tertiary alicyclic amines) is 2. The molecule has 0 unspecified atom stereocenters. The molecule has 148 valence electrons. The monoisotopic (exact) mass is 381 g/mol. The van der Waals surface area contributed by atoms with Crippen molar-refractivity contribution in [3.05, 3.63) is 54.4 Å². The maximum absolute atomic E-state index is 12.7. The Labute approximate surface area is 166 Å². The van der Waals surface area contributed by atoms with Crippen LogP contribution in [0.5, 0.6) is 11.5 Å². The average Bonchev–Trinajstić information content (AvgIpc) is 3.08. The average molecular weight is 381 g/mol. The molecule has 0 spiro atoms. The molecule has 2 fully saturated rings. The van der Waals surface area contributed by atoms with E-state index in [1.165, 1.54) is 5.56 Å². The molecule has 0 radical (unpaired) electrons. The van der Waals surface area contributed by atoms with Crippen molar-refractivity contribution in [2.24, 2.45) is 5.92 Å². The lowest BCUT2D eigenvalue weighted by atomic mass is 9.82. The number of rotatable bonds is 5. The molecule has 0 saturated carbocycles. The van der Waals surface area contributed by atoms with E-state index in [0.717, 1.165) is 31.8 Å². The first-order chi connectivity index (χ1) is 13.7. The molecule has 2 saturated heterocycles. The second-order valence-corrected chi connectivity index (χ2v) is 7.66. The number of aromatic nitrogens is 1. The number of hydrogen-bond acceptors (Lipinski definition) is 5. The molecular formula is C22H27N3O3. The van der Waals surface area contributed by atoms with E-state index >= 15 is 0 Å². The summed E-state index contributed by atoms with van der Waals surface area (Å²) in [5.41, 5.74) is 1.32. The van der Waals surface area contributed by atoms with Gasteiger partial charge in [0.25, 0.3) is 5.91 Å². The predicted octanol–water partition coefficient (Wildman–Crippen LogP) is 2.42. The zero-order valence-electron chi connectivity index (χ0n) is 16.5. The van der Waals surface area contributed by atoms with Crippen LogP contribution in [-0.2, 0) is 4.79 Å². The smallest absolute Gasteiger partial charge is 0.260 e. The Morgan fingerprint density at radius 3 is 2.71 bits per heavy atom. The third kappa shape index (κ3) is 3.83. The molecule has 6 heteroatoms. The standard InChI is InChI=1S/C22H27N3O3/c1-24-13-19(16-5-7-17(27-2)8-6-16)20-14-25(11-9-21(20)24)22(26)15-28-18-4-3-10-23-12-18/h3-8,10,12,19-21H,9,11,13-15H2,1-2H3/t19-,20-,21-/m1/s1. The highest BCUT2D eigenvalue weighted by Crippen LogP contribution is 2.41. The number of carbonyl (C=O) groups is 1.